The molecule has 0 aliphatic carbocycles. The summed E-state index contributed by atoms with van der Waals surface area (Å²) >= 11 is 13.6. The molecular weight excluding hydrogens is 320 g/mol. The van der Waals surface area contributed by atoms with E-state index in [4.69, 9.17) is 23.2 Å². The molecule has 4 heteroatoms. The monoisotopic (exact) mass is 327 g/mol. The molecule has 0 spiro atoms. The number of hydrogen-bond acceptors (Lipinski definition) is 1. The van der Waals surface area contributed by atoms with Crippen molar-refractivity contribution in [1.29, 1.82) is 0 Å². The number of benzene rings is 1. The summed E-state index contributed by atoms with van der Waals surface area (Å²) in [6.07, 6.45) is 0. The highest BCUT2D eigenvalue weighted by atomic mass is 127. The molecule has 0 unspecified atom stereocenters. The Morgan fingerprint density at radius 1 is 1.54 bits per heavy atom. The van der Waals surface area contributed by atoms with Crippen molar-refractivity contribution in [2.75, 3.05) is 11.9 Å². The molecule has 13 heavy (non-hydrogen) atoms. The molecule has 1 aromatic carbocycles. The fourth-order valence-corrected chi connectivity index (χ4v) is 1.95. The Labute approximate surface area is 101 Å². The summed E-state index contributed by atoms with van der Waals surface area (Å²) in [5.74, 6) is 0. The molecule has 0 aliphatic heterocycles. The fourth-order valence-electron chi connectivity index (χ4n) is 0.824. The van der Waals surface area contributed by atoms with Gasteiger partial charge in [0.05, 0.1) is 6.54 Å². The third-order valence-electron chi connectivity index (χ3n) is 1.40. The van der Waals surface area contributed by atoms with Crippen molar-refractivity contribution < 1.29 is 0 Å². The first-order valence-electron chi connectivity index (χ1n) is 3.62. The van der Waals surface area contributed by atoms with Gasteiger partial charge >= 0.3 is 0 Å². The van der Waals surface area contributed by atoms with Gasteiger partial charge in [-0.15, -0.1) is 0 Å². The van der Waals surface area contributed by atoms with E-state index in [1.54, 1.807) is 0 Å². The molecular formula is C9H8Cl2IN. The van der Waals surface area contributed by atoms with Crippen molar-refractivity contribution in [3.8, 4) is 0 Å². The Balaban J connectivity index is 2.72. The Morgan fingerprint density at radius 3 is 2.77 bits per heavy atom. The maximum absolute atomic E-state index is 5.80. The predicted octanol–water partition coefficient (Wildman–Crippen LogP) is 4.11. The number of rotatable bonds is 3. The van der Waals surface area contributed by atoms with Crippen LogP contribution in [0.4, 0.5) is 5.69 Å². The van der Waals surface area contributed by atoms with Gasteiger partial charge in [-0.3, -0.25) is 0 Å². The molecule has 0 aromatic heterocycles. The minimum absolute atomic E-state index is 0.569. The van der Waals surface area contributed by atoms with E-state index in [0.29, 0.717) is 11.6 Å². The molecule has 0 bridgehead atoms. The second kappa shape index (κ2) is 5.08. The Bertz CT molecular complexity index is 325. The van der Waals surface area contributed by atoms with Crippen molar-refractivity contribution >= 4 is 51.5 Å². The summed E-state index contributed by atoms with van der Waals surface area (Å²) in [6.45, 7) is 4.16. The third-order valence-corrected chi connectivity index (χ3v) is 2.66. The van der Waals surface area contributed by atoms with Crippen LogP contribution in [0.2, 0.25) is 5.02 Å². The van der Waals surface area contributed by atoms with Gasteiger partial charge < -0.3 is 5.32 Å². The largest absolute Gasteiger partial charge is 0.379 e. The lowest BCUT2D eigenvalue weighted by atomic mass is 10.3. The number of halogens is 3. The van der Waals surface area contributed by atoms with Crippen LogP contribution in [-0.2, 0) is 0 Å². The zero-order valence-corrected chi connectivity index (χ0v) is 10.4. The molecule has 70 valence electrons. The highest BCUT2D eigenvalue weighted by Gasteiger charge is 1.99. The smallest absolute Gasteiger partial charge is 0.0502 e. The quantitative estimate of drug-likeness (QED) is 0.824. The summed E-state index contributed by atoms with van der Waals surface area (Å²) in [5.41, 5.74) is 1.02. The molecule has 0 saturated heterocycles. The SMILES string of the molecule is C=C(Cl)CNc1ccc(Cl)cc1I. The van der Waals surface area contributed by atoms with Crippen LogP contribution in [0.25, 0.3) is 0 Å². The van der Waals surface area contributed by atoms with Crippen molar-refractivity contribution in [2.45, 2.75) is 0 Å². The average Bonchev–Trinajstić information content (AvgIpc) is 2.02. The maximum Gasteiger partial charge on any atom is 0.0502 e. The minimum atomic E-state index is 0.569. The Hall–Kier alpha value is 0.0700. The van der Waals surface area contributed by atoms with E-state index in [2.05, 4.69) is 34.5 Å². The van der Waals surface area contributed by atoms with E-state index < -0.39 is 0 Å². The molecule has 0 fully saturated rings. The first-order chi connectivity index (χ1) is 6.09. The molecule has 0 heterocycles. The van der Waals surface area contributed by atoms with E-state index >= 15 is 0 Å². The van der Waals surface area contributed by atoms with E-state index in [1.165, 1.54) is 0 Å². The van der Waals surface area contributed by atoms with E-state index in [-0.39, 0.29) is 0 Å². The van der Waals surface area contributed by atoms with Crippen LogP contribution in [0.1, 0.15) is 0 Å². The highest BCUT2D eigenvalue weighted by Crippen LogP contribution is 2.22. The molecule has 0 radical (unpaired) electrons. The first kappa shape index (κ1) is 11.1. The van der Waals surface area contributed by atoms with Crippen LogP contribution >= 0.6 is 45.8 Å². The van der Waals surface area contributed by atoms with Crippen molar-refractivity contribution in [3.63, 3.8) is 0 Å². The molecule has 1 aromatic rings. The second-order valence-electron chi connectivity index (χ2n) is 2.49. The number of hydrogen-bond donors (Lipinski definition) is 1. The average molecular weight is 328 g/mol. The molecule has 0 saturated carbocycles. The van der Waals surface area contributed by atoms with E-state index in [0.717, 1.165) is 14.3 Å². The van der Waals surface area contributed by atoms with E-state index in [1.807, 2.05) is 18.2 Å². The number of anilines is 1. The van der Waals surface area contributed by atoms with Crippen molar-refractivity contribution in [3.05, 3.63) is 38.4 Å². The summed E-state index contributed by atoms with van der Waals surface area (Å²) in [7, 11) is 0. The molecule has 1 nitrogen and oxygen atoms in total. The van der Waals surface area contributed by atoms with Gasteiger partial charge in [-0.2, -0.15) is 0 Å². The van der Waals surface area contributed by atoms with Gasteiger partial charge in [-0.05, 0) is 40.8 Å². The summed E-state index contributed by atoms with van der Waals surface area (Å²) in [6, 6.07) is 5.65. The van der Waals surface area contributed by atoms with Crippen molar-refractivity contribution in [1.82, 2.24) is 0 Å². The normalized spacial score (nSPS) is 9.77. The van der Waals surface area contributed by atoms with Crippen LogP contribution < -0.4 is 5.32 Å². The van der Waals surface area contributed by atoms with Crippen LogP contribution in [0.3, 0.4) is 0 Å². The van der Waals surface area contributed by atoms with Gasteiger partial charge in [0, 0.05) is 19.3 Å². The molecule has 0 atom stereocenters. The van der Waals surface area contributed by atoms with Crippen LogP contribution in [-0.4, -0.2) is 6.54 Å². The lowest BCUT2D eigenvalue weighted by Crippen LogP contribution is -2.02. The van der Waals surface area contributed by atoms with Gasteiger partial charge in [0.2, 0.25) is 0 Å². The maximum atomic E-state index is 5.80. The lowest BCUT2D eigenvalue weighted by Gasteiger charge is -2.07. The molecule has 0 amide bonds. The zero-order chi connectivity index (χ0) is 9.84. The second-order valence-corrected chi connectivity index (χ2v) is 4.63. The van der Waals surface area contributed by atoms with Gasteiger partial charge in [0.25, 0.3) is 0 Å². The summed E-state index contributed by atoms with van der Waals surface area (Å²) < 4.78 is 1.07. The van der Waals surface area contributed by atoms with Gasteiger partial charge in [-0.25, -0.2) is 0 Å². The van der Waals surface area contributed by atoms with Gasteiger partial charge in [0.15, 0.2) is 0 Å². The Morgan fingerprint density at radius 2 is 2.23 bits per heavy atom. The Kier molecular flexibility index (Phi) is 4.35. The third kappa shape index (κ3) is 3.75. The van der Waals surface area contributed by atoms with Gasteiger partial charge in [-0.1, -0.05) is 29.8 Å². The standard InChI is InChI=1S/C9H8Cl2IN/c1-6(10)5-13-9-3-2-7(11)4-8(9)12/h2-4,13H,1,5H2. The first-order valence-corrected chi connectivity index (χ1v) is 5.45. The molecule has 0 aliphatic rings. The highest BCUT2D eigenvalue weighted by molar-refractivity contribution is 14.1. The number of nitrogens with one attached hydrogen (secondary N) is 1. The van der Waals surface area contributed by atoms with Gasteiger partial charge in [0.1, 0.15) is 0 Å². The topological polar surface area (TPSA) is 12.0 Å². The van der Waals surface area contributed by atoms with Crippen LogP contribution in [0, 0.1) is 3.57 Å². The fraction of sp³-hybridized carbons (Fsp3) is 0.111. The molecule has 1 N–H and O–H groups in total. The predicted molar refractivity (Wildman–Crippen MR) is 67.7 cm³/mol. The summed E-state index contributed by atoms with van der Waals surface area (Å²) in [5, 5.41) is 4.47. The zero-order valence-electron chi connectivity index (χ0n) is 6.78. The van der Waals surface area contributed by atoms with E-state index in [9.17, 15) is 0 Å². The van der Waals surface area contributed by atoms with Crippen LogP contribution in [0.15, 0.2) is 29.8 Å². The minimum Gasteiger partial charge on any atom is -0.379 e. The van der Waals surface area contributed by atoms with Crippen LogP contribution in [0.5, 0.6) is 0 Å². The summed E-state index contributed by atoms with van der Waals surface area (Å²) in [4.78, 5) is 0. The lowest BCUT2D eigenvalue weighted by molar-refractivity contribution is 1.31. The molecule has 1 rings (SSSR count). The van der Waals surface area contributed by atoms with Crippen molar-refractivity contribution in [2.24, 2.45) is 0 Å².